The van der Waals surface area contributed by atoms with Gasteiger partial charge in [-0.1, -0.05) is 36.8 Å². The zero-order valence-corrected chi connectivity index (χ0v) is 13.0. The van der Waals surface area contributed by atoms with E-state index in [4.69, 9.17) is 4.74 Å². The van der Waals surface area contributed by atoms with E-state index in [2.05, 4.69) is 5.32 Å². The Hall–Kier alpha value is -2.14. The van der Waals surface area contributed by atoms with Gasteiger partial charge in [-0.25, -0.2) is 4.79 Å². The highest BCUT2D eigenvalue weighted by molar-refractivity contribution is 6.23. The van der Waals surface area contributed by atoms with E-state index in [9.17, 15) is 14.7 Å². The van der Waals surface area contributed by atoms with Crippen LogP contribution in [0.4, 0.5) is 0 Å². The number of rotatable bonds is 4. The zero-order valence-electron chi connectivity index (χ0n) is 13.0. The third kappa shape index (κ3) is 3.45. The fourth-order valence-corrected chi connectivity index (χ4v) is 3.13. The molecule has 122 valence electrons. The van der Waals surface area contributed by atoms with E-state index >= 15 is 0 Å². The standard InChI is InChI=1S/C18H21NO4/c20-16(13-8-4-5-11-19-13)15-17(21)14(23-18(15)22)10-9-12-6-2-1-3-7-12/h1-3,6-7,13-14,19-20H,4-5,8-11H2/t13-,14+/m0/s1. The maximum Gasteiger partial charge on any atom is 0.346 e. The Morgan fingerprint density at radius 1 is 1.22 bits per heavy atom. The lowest BCUT2D eigenvalue weighted by Gasteiger charge is -2.23. The number of hydrogen-bond acceptors (Lipinski definition) is 5. The molecule has 2 N–H and O–H groups in total. The van der Waals surface area contributed by atoms with Gasteiger partial charge in [0.25, 0.3) is 0 Å². The van der Waals surface area contributed by atoms with Crippen molar-refractivity contribution >= 4 is 11.8 Å². The molecule has 1 aromatic rings. The number of piperidine rings is 1. The van der Waals surface area contributed by atoms with Crippen molar-refractivity contribution in [1.29, 1.82) is 0 Å². The molecule has 2 fully saturated rings. The first-order valence-corrected chi connectivity index (χ1v) is 8.12. The molecule has 2 atom stereocenters. The van der Waals surface area contributed by atoms with Crippen molar-refractivity contribution < 1.29 is 19.4 Å². The summed E-state index contributed by atoms with van der Waals surface area (Å²) in [5, 5.41) is 13.5. The number of aliphatic hydroxyl groups is 1. The van der Waals surface area contributed by atoms with Gasteiger partial charge in [-0.3, -0.25) is 4.79 Å². The number of cyclic esters (lactones) is 1. The predicted molar refractivity (Wildman–Crippen MR) is 84.9 cm³/mol. The average molecular weight is 315 g/mol. The van der Waals surface area contributed by atoms with E-state index in [1.165, 1.54) is 0 Å². The van der Waals surface area contributed by atoms with Gasteiger partial charge in [0.1, 0.15) is 11.3 Å². The molecule has 0 aromatic heterocycles. The van der Waals surface area contributed by atoms with Crippen LogP contribution in [0.1, 0.15) is 31.2 Å². The van der Waals surface area contributed by atoms with Crippen LogP contribution in [0.2, 0.25) is 0 Å². The molecular weight excluding hydrogens is 294 g/mol. The second-order valence-electron chi connectivity index (χ2n) is 6.05. The SMILES string of the molecule is O=C1O[C@H](CCc2ccccc2)C(=O)C1=C(O)[C@@H]1CCCCN1. The summed E-state index contributed by atoms with van der Waals surface area (Å²) in [5.41, 5.74) is 0.925. The zero-order chi connectivity index (χ0) is 16.2. The van der Waals surface area contributed by atoms with Gasteiger partial charge in [0, 0.05) is 0 Å². The number of carbonyl (C=O) groups excluding carboxylic acids is 2. The molecule has 0 bridgehead atoms. The van der Waals surface area contributed by atoms with Crippen LogP contribution in [0, 0.1) is 0 Å². The van der Waals surface area contributed by atoms with Gasteiger partial charge in [0.15, 0.2) is 6.10 Å². The van der Waals surface area contributed by atoms with Crippen LogP contribution in [-0.2, 0) is 20.7 Å². The van der Waals surface area contributed by atoms with Gasteiger partial charge < -0.3 is 15.2 Å². The van der Waals surface area contributed by atoms with Gasteiger partial charge in [0.2, 0.25) is 5.78 Å². The number of carbonyl (C=O) groups is 2. The third-order valence-corrected chi connectivity index (χ3v) is 4.43. The highest BCUT2D eigenvalue weighted by Crippen LogP contribution is 2.26. The molecule has 0 saturated carbocycles. The highest BCUT2D eigenvalue weighted by Gasteiger charge is 2.42. The van der Waals surface area contributed by atoms with E-state index in [0.29, 0.717) is 12.8 Å². The molecule has 2 saturated heterocycles. The summed E-state index contributed by atoms with van der Waals surface area (Å²) in [7, 11) is 0. The number of ether oxygens (including phenoxy) is 1. The summed E-state index contributed by atoms with van der Waals surface area (Å²) in [4.78, 5) is 24.4. The van der Waals surface area contributed by atoms with Crippen molar-refractivity contribution in [3.63, 3.8) is 0 Å². The number of benzene rings is 1. The molecule has 0 unspecified atom stereocenters. The molecule has 1 aromatic carbocycles. The van der Waals surface area contributed by atoms with Crippen molar-refractivity contribution in [3.05, 3.63) is 47.2 Å². The van der Waals surface area contributed by atoms with Gasteiger partial charge >= 0.3 is 5.97 Å². The molecular formula is C18H21NO4. The maximum absolute atomic E-state index is 12.4. The fraction of sp³-hybridized carbons (Fsp3) is 0.444. The molecule has 23 heavy (non-hydrogen) atoms. The number of hydrogen-bond donors (Lipinski definition) is 2. The Morgan fingerprint density at radius 2 is 2.00 bits per heavy atom. The van der Waals surface area contributed by atoms with Crippen LogP contribution in [0.25, 0.3) is 0 Å². The maximum atomic E-state index is 12.4. The number of nitrogens with one attached hydrogen (secondary N) is 1. The monoisotopic (exact) mass is 315 g/mol. The summed E-state index contributed by atoms with van der Waals surface area (Å²) < 4.78 is 5.19. The van der Waals surface area contributed by atoms with E-state index in [-0.39, 0.29) is 17.4 Å². The summed E-state index contributed by atoms with van der Waals surface area (Å²) >= 11 is 0. The van der Waals surface area contributed by atoms with Crippen LogP contribution < -0.4 is 5.32 Å². The molecule has 5 heteroatoms. The Kier molecular flexibility index (Phi) is 4.76. The normalized spacial score (nSPS) is 27.0. The molecule has 2 aliphatic rings. The van der Waals surface area contributed by atoms with Crippen molar-refractivity contribution in [3.8, 4) is 0 Å². The molecule has 3 rings (SSSR count). The summed E-state index contributed by atoms with van der Waals surface area (Å²) in [6, 6.07) is 9.43. The van der Waals surface area contributed by atoms with Crippen LogP contribution in [-0.4, -0.2) is 35.5 Å². The lowest BCUT2D eigenvalue weighted by Crippen LogP contribution is -2.37. The minimum atomic E-state index is -0.788. The minimum Gasteiger partial charge on any atom is -0.510 e. The molecule has 0 spiro atoms. The molecule has 2 heterocycles. The first kappa shape index (κ1) is 15.7. The quantitative estimate of drug-likeness (QED) is 0.385. The lowest BCUT2D eigenvalue weighted by atomic mass is 9.96. The largest absolute Gasteiger partial charge is 0.510 e. The van der Waals surface area contributed by atoms with Gasteiger partial charge in [-0.2, -0.15) is 0 Å². The van der Waals surface area contributed by atoms with Gasteiger partial charge in [0.05, 0.1) is 6.04 Å². The molecule has 2 aliphatic heterocycles. The van der Waals surface area contributed by atoms with E-state index < -0.39 is 17.9 Å². The van der Waals surface area contributed by atoms with Crippen molar-refractivity contribution in [2.24, 2.45) is 0 Å². The van der Waals surface area contributed by atoms with E-state index in [1.54, 1.807) is 0 Å². The Morgan fingerprint density at radius 3 is 2.70 bits per heavy atom. The first-order valence-electron chi connectivity index (χ1n) is 8.12. The highest BCUT2D eigenvalue weighted by atomic mass is 16.6. The van der Waals surface area contributed by atoms with Crippen molar-refractivity contribution in [1.82, 2.24) is 5.32 Å². The second-order valence-corrected chi connectivity index (χ2v) is 6.05. The molecule has 0 aliphatic carbocycles. The van der Waals surface area contributed by atoms with Crippen LogP contribution in [0.3, 0.4) is 0 Å². The van der Waals surface area contributed by atoms with Crippen LogP contribution in [0.15, 0.2) is 41.7 Å². The second kappa shape index (κ2) is 6.96. The van der Waals surface area contributed by atoms with Gasteiger partial charge in [-0.05, 0) is 37.8 Å². The number of Topliss-reactive ketones (excluding diaryl/α,β-unsaturated/α-hetero) is 1. The summed E-state index contributed by atoms with van der Waals surface area (Å²) in [6.07, 6.45) is 3.03. The van der Waals surface area contributed by atoms with E-state index in [0.717, 1.165) is 31.4 Å². The first-order chi connectivity index (χ1) is 11.2. The smallest absolute Gasteiger partial charge is 0.346 e. The van der Waals surface area contributed by atoms with Crippen molar-refractivity contribution in [2.75, 3.05) is 6.54 Å². The molecule has 5 nitrogen and oxygen atoms in total. The Balaban J connectivity index is 1.69. The van der Waals surface area contributed by atoms with E-state index in [1.807, 2.05) is 30.3 Å². The Labute approximate surface area is 135 Å². The topological polar surface area (TPSA) is 75.6 Å². The number of esters is 1. The minimum absolute atomic E-state index is 0.151. The fourth-order valence-electron chi connectivity index (χ4n) is 3.13. The van der Waals surface area contributed by atoms with Crippen LogP contribution >= 0.6 is 0 Å². The number of aliphatic hydroxyl groups excluding tert-OH is 1. The van der Waals surface area contributed by atoms with Gasteiger partial charge in [-0.15, -0.1) is 0 Å². The Bertz CT molecular complexity index is 617. The third-order valence-electron chi connectivity index (χ3n) is 4.43. The average Bonchev–Trinajstić information content (AvgIpc) is 2.88. The van der Waals surface area contributed by atoms with Crippen molar-refractivity contribution in [2.45, 2.75) is 44.2 Å². The van der Waals surface area contributed by atoms with Crippen LogP contribution in [0.5, 0.6) is 0 Å². The summed E-state index contributed by atoms with van der Waals surface area (Å²) in [5.74, 6) is -1.24. The number of ketones is 1. The molecule has 0 radical (unpaired) electrons. The number of aryl methyl sites for hydroxylation is 1. The molecule has 0 amide bonds. The predicted octanol–water partition coefficient (Wildman–Crippen LogP) is 2.07. The lowest BCUT2D eigenvalue weighted by molar-refractivity contribution is -0.141. The summed E-state index contributed by atoms with van der Waals surface area (Å²) in [6.45, 7) is 0.780.